The molecule has 37 heavy (non-hydrogen) atoms. The van der Waals surface area contributed by atoms with Gasteiger partial charge in [0.05, 0.1) is 83.3 Å². The minimum atomic E-state index is -0.388. The Bertz CT molecular complexity index is 865. The quantitative estimate of drug-likeness (QED) is 0.402. The molecule has 4 heterocycles. The molecule has 6 rings (SSSR count). The summed E-state index contributed by atoms with van der Waals surface area (Å²) < 4.78 is 47.7. The van der Waals surface area contributed by atoms with Crippen LogP contribution in [0.25, 0.3) is 0 Å². The predicted octanol–water partition coefficient (Wildman–Crippen LogP) is 3.12. The van der Waals surface area contributed by atoms with E-state index in [0.717, 1.165) is 24.3 Å². The molecule has 4 unspecified atom stereocenters. The number of ether oxygens (including phenoxy) is 8. The molecule has 4 fully saturated rings. The van der Waals surface area contributed by atoms with Gasteiger partial charge in [0.25, 0.3) is 0 Å². The van der Waals surface area contributed by atoms with Crippen LogP contribution in [0.1, 0.15) is 23.0 Å². The maximum Gasteiger partial charge on any atom is 0.166 e. The molecule has 8 heteroatoms. The van der Waals surface area contributed by atoms with Gasteiger partial charge in [0.15, 0.2) is 12.6 Å². The van der Waals surface area contributed by atoms with Crippen LogP contribution in [0.5, 0.6) is 0 Å². The molecule has 2 aromatic rings. The smallest absolute Gasteiger partial charge is 0.166 e. The van der Waals surface area contributed by atoms with Crippen molar-refractivity contribution in [3.8, 4) is 0 Å². The maximum absolute atomic E-state index is 6.31. The zero-order valence-electron chi connectivity index (χ0n) is 21.1. The lowest BCUT2D eigenvalue weighted by atomic mass is 9.89. The van der Waals surface area contributed by atoms with E-state index in [2.05, 4.69) is 24.3 Å². The van der Waals surface area contributed by atoms with Gasteiger partial charge in [-0.2, -0.15) is 0 Å². The molecule has 0 aliphatic carbocycles. The Labute approximate surface area is 218 Å². The third kappa shape index (κ3) is 6.77. The van der Waals surface area contributed by atoms with Crippen LogP contribution < -0.4 is 0 Å². The van der Waals surface area contributed by atoms with Crippen molar-refractivity contribution in [3.05, 3.63) is 71.8 Å². The van der Waals surface area contributed by atoms with Gasteiger partial charge >= 0.3 is 0 Å². The molecular formula is C29H36O8. The highest BCUT2D eigenvalue weighted by Gasteiger charge is 2.45. The second kappa shape index (κ2) is 11.9. The molecule has 4 aliphatic rings. The van der Waals surface area contributed by atoms with Crippen LogP contribution in [0, 0.1) is 5.41 Å². The first kappa shape index (κ1) is 25.4. The number of epoxide rings is 2. The molecular weight excluding hydrogens is 476 g/mol. The molecule has 4 atom stereocenters. The molecule has 0 N–H and O–H groups in total. The van der Waals surface area contributed by atoms with E-state index >= 15 is 0 Å². The zero-order chi connectivity index (χ0) is 24.9. The van der Waals surface area contributed by atoms with Crippen LogP contribution in [-0.4, -0.2) is 90.9 Å². The highest BCUT2D eigenvalue weighted by Crippen LogP contribution is 2.37. The van der Waals surface area contributed by atoms with Crippen molar-refractivity contribution in [2.45, 2.75) is 36.6 Å². The molecule has 0 aromatic heterocycles. The Balaban J connectivity index is 1.04. The van der Waals surface area contributed by atoms with Crippen LogP contribution in [-0.2, 0) is 37.9 Å². The summed E-state index contributed by atoms with van der Waals surface area (Å²) in [4.78, 5) is 0. The molecule has 4 saturated heterocycles. The first-order valence-electron chi connectivity index (χ1n) is 13.2. The summed E-state index contributed by atoms with van der Waals surface area (Å²) in [7, 11) is 0. The number of hydrogen-bond acceptors (Lipinski definition) is 8. The van der Waals surface area contributed by atoms with Crippen molar-refractivity contribution in [2.75, 3.05) is 66.1 Å². The largest absolute Gasteiger partial charge is 0.378 e. The monoisotopic (exact) mass is 512 g/mol. The summed E-state index contributed by atoms with van der Waals surface area (Å²) in [5, 5.41) is 0. The van der Waals surface area contributed by atoms with Crippen molar-refractivity contribution in [1.29, 1.82) is 0 Å². The highest BCUT2D eigenvalue weighted by molar-refractivity contribution is 5.21. The van der Waals surface area contributed by atoms with Crippen LogP contribution in [0.2, 0.25) is 0 Å². The average Bonchev–Trinajstić information content (AvgIpc) is 3.88. The van der Waals surface area contributed by atoms with Gasteiger partial charge in [-0.25, -0.2) is 0 Å². The van der Waals surface area contributed by atoms with Gasteiger partial charge in [-0.15, -0.1) is 0 Å². The van der Waals surface area contributed by atoms with Crippen molar-refractivity contribution in [1.82, 2.24) is 0 Å². The topological polar surface area (TPSA) is 80.4 Å². The Morgan fingerprint density at radius 3 is 1.32 bits per heavy atom. The molecule has 4 aliphatic heterocycles. The second-order valence-corrected chi connectivity index (χ2v) is 10.5. The Hall–Kier alpha value is -1.88. The normalized spacial score (nSPS) is 32.6. The first-order valence-corrected chi connectivity index (χ1v) is 13.2. The van der Waals surface area contributed by atoms with E-state index in [9.17, 15) is 0 Å². The van der Waals surface area contributed by atoms with E-state index in [-0.39, 0.29) is 42.0 Å². The molecule has 0 bridgehead atoms. The van der Waals surface area contributed by atoms with E-state index < -0.39 is 0 Å². The first-order chi connectivity index (χ1) is 18.3. The standard InChI is InChI=1S/C29H36O8/c1-3-7-21(8-4-1)25(15-30-11-23-13-32-23)27-34-17-29(18-35-27)19-36-28(37-20-29)26(16-31-12-24-14-33-24)22-9-5-2-6-10-22/h1-10,23-28H,11-20H2. The van der Waals surface area contributed by atoms with Gasteiger partial charge < -0.3 is 37.9 Å². The van der Waals surface area contributed by atoms with E-state index in [0.29, 0.717) is 52.9 Å². The van der Waals surface area contributed by atoms with E-state index in [1.807, 2.05) is 36.4 Å². The second-order valence-electron chi connectivity index (χ2n) is 10.5. The minimum Gasteiger partial charge on any atom is -0.378 e. The average molecular weight is 513 g/mol. The Morgan fingerprint density at radius 2 is 0.973 bits per heavy atom. The van der Waals surface area contributed by atoms with Crippen molar-refractivity contribution in [3.63, 3.8) is 0 Å². The third-order valence-corrected chi connectivity index (χ3v) is 7.33. The van der Waals surface area contributed by atoms with Crippen LogP contribution in [0.3, 0.4) is 0 Å². The van der Waals surface area contributed by atoms with Crippen LogP contribution >= 0.6 is 0 Å². The molecule has 8 nitrogen and oxygen atoms in total. The Morgan fingerprint density at radius 1 is 0.595 bits per heavy atom. The van der Waals surface area contributed by atoms with E-state index in [1.165, 1.54) is 0 Å². The van der Waals surface area contributed by atoms with E-state index in [1.54, 1.807) is 0 Å². The number of rotatable bonds is 12. The van der Waals surface area contributed by atoms with Crippen LogP contribution in [0.4, 0.5) is 0 Å². The van der Waals surface area contributed by atoms with Gasteiger partial charge in [0.2, 0.25) is 0 Å². The number of hydrogen-bond donors (Lipinski definition) is 0. The van der Waals surface area contributed by atoms with Crippen molar-refractivity contribution >= 4 is 0 Å². The van der Waals surface area contributed by atoms with Crippen molar-refractivity contribution in [2.24, 2.45) is 5.41 Å². The predicted molar refractivity (Wildman–Crippen MR) is 133 cm³/mol. The fraction of sp³-hybridized carbons (Fsp3) is 0.586. The van der Waals surface area contributed by atoms with Gasteiger partial charge in [0, 0.05) is 0 Å². The highest BCUT2D eigenvalue weighted by atomic mass is 16.7. The van der Waals surface area contributed by atoms with Gasteiger partial charge in [-0.3, -0.25) is 0 Å². The lowest BCUT2D eigenvalue weighted by Crippen LogP contribution is -2.54. The zero-order valence-corrected chi connectivity index (χ0v) is 21.1. The van der Waals surface area contributed by atoms with Gasteiger partial charge in [0.1, 0.15) is 12.2 Å². The SMILES string of the molecule is c1ccc(C(COCC2CO2)C2OCC3(CO2)COC(C(COCC2CO2)c2ccccc2)OC3)cc1. The molecule has 1 spiro atoms. The Kier molecular flexibility index (Phi) is 8.16. The van der Waals surface area contributed by atoms with Crippen molar-refractivity contribution < 1.29 is 37.9 Å². The minimum absolute atomic E-state index is 0.0227. The number of benzene rings is 2. The summed E-state index contributed by atoms with van der Waals surface area (Å²) in [5.74, 6) is -0.0453. The molecule has 0 saturated carbocycles. The third-order valence-electron chi connectivity index (χ3n) is 7.33. The van der Waals surface area contributed by atoms with Gasteiger partial charge in [-0.05, 0) is 11.1 Å². The summed E-state index contributed by atoms with van der Waals surface area (Å²) >= 11 is 0. The van der Waals surface area contributed by atoms with E-state index in [4.69, 9.17) is 37.9 Å². The molecule has 200 valence electrons. The lowest BCUT2D eigenvalue weighted by Gasteiger charge is -2.46. The fourth-order valence-electron chi connectivity index (χ4n) is 4.89. The summed E-state index contributed by atoms with van der Waals surface area (Å²) in [5.41, 5.74) is 1.94. The lowest BCUT2D eigenvalue weighted by molar-refractivity contribution is -0.312. The fourth-order valence-corrected chi connectivity index (χ4v) is 4.89. The summed E-state index contributed by atoms with van der Waals surface area (Å²) in [6, 6.07) is 20.5. The maximum atomic E-state index is 6.31. The van der Waals surface area contributed by atoms with Crippen LogP contribution in [0.15, 0.2) is 60.7 Å². The molecule has 0 radical (unpaired) electrons. The van der Waals surface area contributed by atoms with Gasteiger partial charge in [-0.1, -0.05) is 60.7 Å². The molecule has 2 aromatic carbocycles. The molecule has 0 amide bonds. The summed E-state index contributed by atoms with van der Waals surface area (Å²) in [6.45, 7) is 5.81. The summed E-state index contributed by atoms with van der Waals surface area (Å²) in [6.07, 6.45) is -0.323.